The topological polar surface area (TPSA) is 127 Å². The van der Waals surface area contributed by atoms with E-state index in [4.69, 9.17) is 10.2 Å². The molecule has 15 heavy (non-hydrogen) atoms. The fourth-order valence-electron chi connectivity index (χ4n) is 0.192. The van der Waals surface area contributed by atoms with Crippen LogP contribution in [0.25, 0.3) is 0 Å². The Kier molecular flexibility index (Phi) is 7.02. The van der Waals surface area contributed by atoms with Crippen LogP contribution in [0.4, 0.5) is 22.8 Å². The Morgan fingerprint density at radius 3 is 1.33 bits per heavy atom. The lowest BCUT2D eigenvalue weighted by Gasteiger charge is -1.96. The van der Waals surface area contributed by atoms with Crippen molar-refractivity contribution in [3.63, 3.8) is 0 Å². The van der Waals surface area contributed by atoms with Crippen LogP contribution in [0.1, 0.15) is 0 Å². The zero-order valence-electron chi connectivity index (χ0n) is 6.46. The fraction of sp³-hybridized carbons (Fsp3) is 0.333. The highest BCUT2D eigenvalue weighted by molar-refractivity contribution is 7.82. The summed E-state index contributed by atoms with van der Waals surface area (Å²) >= 11 is 0. The summed E-state index contributed by atoms with van der Waals surface area (Å²) in [4.78, 5) is 19.0. The smallest absolute Gasteiger partial charge is 0.449 e. The monoisotopic (exact) mass is 256 g/mol. The lowest BCUT2D eigenvalue weighted by atomic mass is 11.5. The maximum absolute atomic E-state index is 10.0. The first-order valence-corrected chi connectivity index (χ1v) is 3.92. The van der Waals surface area contributed by atoms with Gasteiger partial charge in [-0.15, -0.1) is 8.42 Å². The third kappa shape index (κ3) is 18.9. The Morgan fingerprint density at radius 1 is 1.00 bits per heavy atom. The number of halogens is 3. The van der Waals surface area contributed by atoms with E-state index in [1.165, 1.54) is 0 Å². The minimum Gasteiger partial charge on any atom is -0.449 e. The van der Waals surface area contributed by atoms with Gasteiger partial charge in [0.2, 0.25) is 0 Å². The Balaban J connectivity index is 0. The molecule has 0 saturated heterocycles. The molecule has 2 N–H and O–H groups in total. The molecule has 0 heterocycles. The molecule has 0 amide bonds. The lowest BCUT2D eigenvalue weighted by molar-refractivity contribution is 0.00816. The van der Waals surface area contributed by atoms with Gasteiger partial charge in [0.15, 0.2) is 0 Å². The summed E-state index contributed by atoms with van der Waals surface area (Å²) in [6.45, 7) is -3.67. The van der Waals surface area contributed by atoms with E-state index in [9.17, 15) is 31.2 Å². The summed E-state index contributed by atoms with van der Waals surface area (Å²) in [5, 5.41) is 15.4. The van der Waals surface area contributed by atoms with E-state index in [0.29, 0.717) is 0 Å². The number of rotatable bonds is 2. The molecule has 0 spiro atoms. The largest absolute Gasteiger partial charge is 0.524 e. The van der Waals surface area contributed by atoms with Gasteiger partial charge in [-0.3, -0.25) is 8.37 Å². The molecule has 90 valence electrons. The zero-order valence-corrected chi connectivity index (χ0v) is 7.28. The number of hydrogen-bond acceptors (Lipinski definition) is 6. The highest BCUT2D eigenvalue weighted by Gasteiger charge is 2.21. The minimum atomic E-state index is -4.98. The van der Waals surface area contributed by atoms with E-state index in [0.717, 1.165) is 0 Å². The summed E-state index contributed by atoms with van der Waals surface area (Å²) in [5.41, 5.74) is 0. The molecule has 12 heteroatoms. The zero-order chi connectivity index (χ0) is 12.6. The Morgan fingerprint density at radius 2 is 1.20 bits per heavy atom. The molecule has 0 rings (SSSR count). The molecular weight excluding hydrogens is 253 g/mol. The van der Waals surface area contributed by atoms with Crippen molar-refractivity contribution in [1.82, 2.24) is 0 Å². The molecule has 0 fully saturated rings. The van der Waals surface area contributed by atoms with E-state index in [1.807, 2.05) is 0 Å². The van der Waals surface area contributed by atoms with E-state index in [-0.39, 0.29) is 0 Å². The summed E-state index contributed by atoms with van der Waals surface area (Å²) in [6.07, 6.45) is -4.35. The van der Waals surface area contributed by atoms with Crippen LogP contribution >= 0.6 is 0 Å². The van der Waals surface area contributed by atoms with Gasteiger partial charge in [0.1, 0.15) is 0 Å². The van der Waals surface area contributed by atoms with Gasteiger partial charge >= 0.3 is 29.4 Å². The van der Waals surface area contributed by atoms with Gasteiger partial charge in [-0.1, -0.05) is 0 Å². The quantitative estimate of drug-likeness (QED) is 0.742. The first kappa shape index (κ1) is 15.7. The van der Waals surface area contributed by atoms with Gasteiger partial charge in [-0.2, -0.15) is 13.2 Å². The highest BCUT2D eigenvalue weighted by Crippen LogP contribution is 1.95. The van der Waals surface area contributed by atoms with Crippen molar-refractivity contribution in [3.8, 4) is 0 Å². The van der Waals surface area contributed by atoms with Crippen LogP contribution in [0.2, 0.25) is 0 Å². The van der Waals surface area contributed by atoms with Crippen LogP contribution < -0.4 is 0 Å². The molecule has 0 aromatic rings. The van der Waals surface area contributed by atoms with Gasteiger partial charge in [0.05, 0.1) is 0 Å². The molecule has 0 unspecified atom stereocenters. The van der Waals surface area contributed by atoms with Gasteiger partial charge < -0.3 is 10.2 Å². The molecular formula is C3H3F3O8S. The summed E-state index contributed by atoms with van der Waals surface area (Å²) < 4.78 is 55.2. The first-order valence-electron chi connectivity index (χ1n) is 2.59. The minimum absolute atomic E-state index is 2.17. The Hall–Kier alpha value is -1.72. The Bertz CT molecular complexity index is 284. The number of alkyl halides is 3. The van der Waals surface area contributed by atoms with E-state index >= 15 is 0 Å². The second kappa shape index (κ2) is 6.69. The molecule has 0 aliphatic carbocycles. The van der Waals surface area contributed by atoms with E-state index < -0.39 is 29.4 Å². The van der Waals surface area contributed by atoms with Gasteiger partial charge in [0.25, 0.3) is 0 Å². The number of carbonyl (C=O) groups is 2. The average molecular weight is 256 g/mol. The molecule has 0 atom stereocenters. The van der Waals surface area contributed by atoms with Gasteiger partial charge in [-0.05, 0) is 0 Å². The fourth-order valence-corrected chi connectivity index (χ4v) is 0.575. The van der Waals surface area contributed by atoms with Crippen LogP contribution in [-0.4, -0.2) is 37.6 Å². The van der Waals surface area contributed by atoms with Crippen LogP contribution in [0.5, 0.6) is 0 Å². The summed E-state index contributed by atoms with van der Waals surface area (Å²) in [5.74, 6) is 0. The average Bonchev–Trinajstić information content (AvgIpc) is 1.75. The van der Waals surface area contributed by atoms with Crippen molar-refractivity contribution in [3.05, 3.63) is 0 Å². The molecule has 0 saturated carbocycles. The van der Waals surface area contributed by atoms with Gasteiger partial charge in [-0.25, -0.2) is 9.59 Å². The maximum atomic E-state index is 10.0. The van der Waals surface area contributed by atoms with Gasteiger partial charge in [0, 0.05) is 0 Å². The SMILES string of the molecule is FC(F)F.O=C(O)OS(=O)(=O)OC(=O)O. The van der Waals surface area contributed by atoms with Crippen molar-refractivity contribution in [2.75, 3.05) is 0 Å². The molecule has 0 aromatic carbocycles. The standard InChI is InChI=1S/C2H2O8S.CHF3/c3-1(4)9-11(7,8)10-2(5)6;2-1(3)4/h(H,3,4)(H,5,6);1H. The molecule has 0 bridgehead atoms. The highest BCUT2D eigenvalue weighted by atomic mass is 32.3. The second-order valence-electron chi connectivity index (χ2n) is 1.35. The van der Waals surface area contributed by atoms with Crippen LogP contribution in [0, 0.1) is 0 Å². The van der Waals surface area contributed by atoms with Crippen molar-refractivity contribution in [1.29, 1.82) is 0 Å². The summed E-state index contributed by atoms with van der Waals surface area (Å²) in [6, 6.07) is 0. The van der Waals surface area contributed by atoms with E-state index in [2.05, 4.69) is 8.37 Å². The maximum Gasteiger partial charge on any atom is 0.524 e. The first-order chi connectivity index (χ1) is 6.57. The third-order valence-corrected chi connectivity index (χ3v) is 1.04. The number of carboxylic acid groups (broad SMARTS) is 2. The lowest BCUT2D eigenvalue weighted by Crippen LogP contribution is -2.16. The predicted octanol–water partition coefficient (Wildman–Crippen LogP) is 0.799. The van der Waals surface area contributed by atoms with Crippen molar-refractivity contribution in [2.24, 2.45) is 0 Å². The molecule has 0 aliphatic heterocycles. The van der Waals surface area contributed by atoms with Crippen molar-refractivity contribution >= 4 is 22.7 Å². The molecule has 0 radical (unpaired) electrons. The second-order valence-corrected chi connectivity index (χ2v) is 2.50. The molecule has 0 aliphatic rings. The summed E-state index contributed by atoms with van der Waals surface area (Å²) in [7, 11) is -4.98. The van der Waals surface area contributed by atoms with Crippen LogP contribution in [-0.2, 0) is 18.8 Å². The molecule has 0 aromatic heterocycles. The van der Waals surface area contributed by atoms with Crippen molar-refractivity contribution in [2.45, 2.75) is 6.68 Å². The normalized spacial score (nSPS) is 9.87. The van der Waals surface area contributed by atoms with Crippen LogP contribution in [0.15, 0.2) is 0 Å². The van der Waals surface area contributed by atoms with Crippen LogP contribution in [0.3, 0.4) is 0 Å². The Labute approximate surface area is 80.2 Å². The predicted molar refractivity (Wildman–Crippen MR) is 34.3 cm³/mol. The third-order valence-electron chi connectivity index (χ3n) is 0.347. The van der Waals surface area contributed by atoms with Crippen molar-refractivity contribution < 1.29 is 49.8 Å². The number of hydrogen-bond donors (Lipinski definition) is 2. The van der Waals surface area contributed by atoms with E-state index in [1.54, 1.807) is 0 Å². The molecule has 8 nitrogen and oxygen atoms in total.